The summed E-state index contributed by atoms with van der Waals surface area (Å²) >= 11 is 6.75. The van der Waals surface area contributed by atoms with Crippen LogP contribution in [0.5, 0.6) is 0 Å². The van der Waals surface area contributed by atoms with Gasteiger partial charge >= 0.3 is 5.97 Å². The monoisotopic (exact) mass is 323 g/mol. The van der Waals surface area contributed by atoms with E-state index in [1.54, 1.807) is 6.92 Å². The molecule has 106 valence electrons. The molecule has 8 heteroatoms. The zero-order valence-corrected chi connectivity index (χ0v) is 12.6. The number of sulfonamides is 1. The van der Waals surface area contributed by atoms with Gasteiger partial charge in [-0.15, -0.1) is 11.3 Å². The first kappa shape index (κ1) is 14.8. The third-order valence-corrected chi connectivity index (χ3v) is 6.96. The minimum absolute atomic E-state index is 0.0222. The predicted octanol–water partition coefficient (Wildman–Crippen LogP) is 2.28. The second-order valence-electron chi connectivity index (χ2n) is 4.59. The third-order valence-electron chi connectivity index (χ3n) is 3.29. The van der Waals surface area contributed by atoms with Crippen LogP contribution in [0, 0.1) is 5.92 Å². The van der Waals surface area contributed by atoms with Crippen molar-refractivity contribution in [1.82, 2.24) is 4.31 Å². The first-order valence-electron chi connectivity index (χ1n) is 5.82. The molecule has 2 unspecified atom stereocenters. The standard InChI is InChI=1S/C11H14ClNO4S2/c1-7-2-3-8(11(14)15)6-13(7)19(16,17)10-5-4-9(12)18-10/h4-5,7-8H,2-3,6H2,1H3,(H,14,15). The number of aliphatic carboxylic acids is 1. The summed E-state index contributed by atoms with van der Waals surface area (Å²) in [7, 11) is -3.65. The Morgan fingerprint density at radius 1 is 1.47 bits per heavy atom. The zero-order valence-electron chi connectivity index (χ0n) is 10.2. The lowest BCUT2D eigenvalue weighted by molar-refractivity contribution is -0.143. The van der Waals surface area contributed by atoms with Gasteiger partial charge in [-0.2, -0.15) is 4.31 Å². The first-order chi connectivity index (χ1) is 8.82. The topological polar surface area (TPSA) is 74.7 Å². The molecule has 19 heavy (non-hydrogen) atoms. The maximum absolute atomic E-state index is 12.5. The molecule has 1 aromatic heterocycles. The summed E-state index contributed by atoms with van der Waals surface area (Å²) in [5.74, 6) is -1.59. The molecule has 2 heterocycles. The van der Waals surface area contributed by atoms with Gasteiger partial charge in [0.05, 0.1) is 10.3 Å². The van der Waals surface area contributed by atoms with Gasteiger partial charge in [-0.25, -0.2) is 8.42 Å². The SMILES string of the molecule is CC1CCC(C(=O)O)CN1S(=O)(=O)c1ccc(Cl)s1. The number of hydrogen-bond acceptors (Lipinski definition) is 4. The fourth-order valence-corrected chi connectivity index (χ4v) is 5.48. The fourth-order valence-electron chi connectivity index (χ4n) is 2.16. The van der Waals surface area contributed by atoms with Crippen molar-refractivity contribution in [3.05, 3.63) is 16.5 Å². The van der Waals surface area contributed by atoms with Gasteiger partial charge in [0.25, 0.3) is 10.0 Å². The number of rotatable bonds is 3. The van der Waals surface area contributed by atoms with Gasteiger partial charge in [-0.3, -0.25) is 4.79 Å². The van der Waals surface area contributed by atoms with Crippen LogP contribution in [0.3, 0.4) is 0 Å². The van der Waals surface area contributed by atoms with E-state index in [1.807, 2.05) is 0 Å². The summed E-state index contributed by atoms with van der Waals surface area (Å²) in [6, 6.07) is 2.79. The number of halogens is 1. The fraction of sp³-hybridized carbons (Fsp3) is 0.545. The number of carbonyl (C=O) groups is 1. The maximum atomic E-state index is 12.5. The molecule has 0 aromatic carbocycles. The molecule has 1 saturated heterocycles. The molecule has 1 aliphatic heterocycles. The lowest BCUT2D eigenvalue weighted by Gasteiger charge is -2.34. The Hall–Kier alpha value is -0.630. The molecule has 1 aromatic rings. The van der Waals surface area contributed by atoms with E-state index in [9.17, 15) is 13.2 Å². The number of nitrogens with zero attached hydrogens (tertiary/aromatic N) is 1. The molecule has 2 rings (SSSR count). The Balaban J connectivity index is 2.30. The summed E-state index contributed by atoms with van der Waals surface area (Å²) in [5, 5.41) is 9.04. The molecule has 2 atom stereocenters. The summed E-state index contributed by atoms with van der Waals surface area (Å²) < 4.78 is 26.8. The Kier molecular flexibility index (Phi) is 4.20. The highest BCUT2D eigenvalue weighted by atomic mass is 35.5. The number of carboxylic acids is 1. The summed E-state index contributed by atoms with van der Waals surface area (Å²) in [6.45, 7) is 1.82. The van der Waals surface area contributed by atoms with Crippen molar-refractivity contribution >= 4 is 38.9 Å². The summed E-state index contributed by atoms with van der Waals surface area (Å²) in [5.41, 5.74) is 0. The average Bonchev–Trinajstić information content (AvgIpc) is 2.76. The number of thiophene rings is 1. The molecule has 1 aliphatic rings. The van der Waals surface area contributed by atoms with E-state index in [4.69, 9.17) is 16.7 Å². The van der Waals surface area contributed by atoms with Crippen LogP contribution < -0.4 is 0 Å². The van der Waals surface area contributed by atoms with Crippen LogP contribution in [0.2, 0.25) is 4.34 Å². The van der Waals surface area contributed by atoms with Crippen LogP contribution in [0.1, 0.15) is 19.8 Å². The molecule has 0 amide bonds. The minimum Gasteiger partial charge on any atom is -0.481 e. The van der Waals surface area contributed by atoms with Crippen LogP contribution in [0.25, 0.3) is 0 Å². The zero-order chi connectivity index (χ0) is 14.2. The van der Waals surface area contributed by atoms with Gasteiger partial charge in [0.2, 0.25) is 0 Å². The average molecular weight is 324 g/mol. The highest BCUT2D eigenvalue weighted by molar-refractivity contribution is 7.91. The van der Waals surface area contributed by atoms with Gasteiger partial charge in [-0.05, 0) is 31.9 Å². The second kappa shape index (κ2) is 5.40. The molecule has 1 fully saturated rings. The van der Waals surface area contributed by atoms with E-state index >= 15 is 0 Å². The van der Waals surface area contributed by atoms with Crippen molar-refractivity contribution < 1.29 is 18.3 Å². The van der Waals surface area contributed by atoms with E-state index in [1.165, 1.54) is 16.4 Å². The van der Waals surface area contributed by atoms with E-state index in [2.05, 4.69) is 0 Å². The van der Waals surface area contributed by atoms with Crippen LogP contribution >= 0.6 is 22.9 Å². The van der Waals surface area contributed by atoms with E-state index < -0.39 is 21.9 Å². The molecule has 1 N–H and O–H groups in total. The third kappa shape index (κ3) is 2.94. The van der Waals surface area contributed by atoms with Crippen molar-refractivity contribution in [3.8, 4) is 0 Å². The van der Waals surface area contributed by atoms with Gasteiger partial charge < -0.3 is 5.11 Å². The highest BCUT2D eigenvalue weighted by Gasteiger charge is 2.37. The molecule has 0 saturated carbocycles. The summed E-state index contributed by atoms with van der Waals surface area (Å²) in [4.78, 5) is 11.0. The van der Waals surface area contributed by atoms with Crippen molar-refractivity contribution in [3.63, 3.8) is 0 Å². The van der Waals surface area contributed by atoms with Crippen molar-refractivity contribution in [1.29, 1.82) is 0 Å². The van der Waals surface area contributed by atoms with Crippen LogP contribution in [-0.2, 0) is 14.8 Å². The van der Waals surface area contributed by atoms with Gasteiger partial charge in [-0.1, -0.05) is 11.6 Å². The first-order valence-corrected chi connectivity index (χ1v) is 8.46. The molecule has 0 aliphatic carbocycles. The molecule has 0 bridgehead atoms. The molecule has 5 nitrogen and oxygen atoms in total. The Morgan fingerprint density at radius 3 is 2.68 bits per heavy atom. The van der Waals surface area contributed by atoms with Crippen LogP contribution in [0.4, 0.5) is 0 Å². The molecular weight excluding hydrogens is 310 g/mol. The smallest absolute Gasteiger partial charge is 0.307 e. The number of piperidine rings is 1. The molecule has 0 spiro atoms. The van der Waals surface area contributed by atoms with E-state index in [0.29, 0.717) is 17.2 Å². The van der Waals surface area contributed by atoms with Gasteiger partial charge in [0.15, 0.2) is 0 Å². The van der Waals surface area contributed by atoms with Crippen LogP contribution in [-0.4, -0.2) is 36.4 Å². The summed E-state index contributed by atoms with van der Waals surface area (Å²) in [6.07, 6.45) is 1.06. The molecular formula is C11H14ClNO4S2. The quantitative estimate of drug-likeness (QED) is 0.926. The highest BCUT2D eigenvalue weighted by Crippen LogP contribution is 2.32. The van der Waals surface area contributed by atoms with E-state index in [0.717, 1.165) is 11.3 Å². The molecule has 0 radical (unpaired) electrons. The van der Waals surface area contributed by atoms with Crippen LogP contribution in [0.15, 0.2) is 16.3 Å². The number of carboxylic acid groups (broad SMARTS) is 1. The normalized spacial score (nSPS) is 25.4. The van der Waals surface area contributed by atoms with Gasteiger partial charge in [0.1, 0.15) is 4.21 Å². The largest absolute Gasteiger partial charge is 0.481 e. The lowest BCUT2D eigenvalue weighted by atomic mass is 9.96. The van der Waals surface area contributed by atoms with Gasteiger partial charge in [0, 0.05) is 12.6 Å². The lowest BCUT2D eigenvalue weighted by Crippen LogP contribution is -2.47. The van der Waals surface area contributed by atoms with E-state index in [-0.39, 0.29) is 16.8 Å². The number of hydrogen-bond donors (Lipinski definition) is 1. The Morgan fingerprint density at radius 2 is 2.16 bits per heavy atom. The van der Waals surface area contributed by atoms with Crippen molar-refractivity contribution in [2.45, 2.75) is 30.0 Å². The van der Waals surface area contributed by atoms with Crippen molar-refractivity contribution in [2.24, 2.45) is 5.92 Å². The predicted molar refractivity (Wildman–Crippen MR) is 73.0 cm³/mol. The second-order valence-corrected chi connectivity index (χ2v) is 8.43. The van der Waals surface area contributed by atoms with Crippen molar-refractivity contribution in [2.75, 3.05) is 6.54 Å². The Labute approximate surface area is 120 Å². The minimum atomic E-state index is -3.65. The maximum Gasteiger partial charge on any atom is 0.307 e. The Bertz CT molecular complexity index is 583.